The van der Waals surface area contributed by atoms with Crippen molar-refractivity contribution in [2.75, 3.05) is 13.2 Å². The summed E-state index contributed by atoms with van der Waals surface area (Å²) < 4.78 is 5.25. The molecule has 0 spiro atoms. The molecule has 9 heteroatoms. The molecular weight excluding hydrogens is 488 g/mol. The summed E-state index contributed by atoms with van der Waals surface area (Å²) in [5.74, 6) is -2.08. The summed E-state index contributed by atoms with van der Waals surface area (Å²) in [5.41, 5.74) is 0.869. The average Bonchev–Trinajstić information content (AvgIpc) is 2.79. The third-order valence-electron chi connectivity index (χ3n) is 5.76. The lowest BCUT2D eigenvalue weighted by Crippen LogP contribution is -2.44. The number of esters is 1. The van der Waals surface area contributed by atoms with Gasteiger partial charge in [0.25, 0.3) is 0 Å². The molecule has 0 unspecified atom stereocenters. The van der Waals surface area contributed by atoms with Crippen LogP contribution in [-0.4, -0.2) is 56.6 Å². The first-order chi connectivity index (χ1) is 17.3. The molecule has 8 nitrogen and oxygen atoms in total. The Hall–Kier alpha value is -2.81. The van der Waals surface area contributed by atoms with E-state index in [0.29, 0.717) is 13.0 Å². The quantitative estimate of drug-likeness (QED) is 0.233. The highest BCUT2D eigenvalue weighted by Gasteiger charge is 2.28. The Kier molecular flexibility index (Phi) is 14.0. The topological polar surface area (TPSA) is 119 Å². The second kappa shape index (κ2) is 16.1. The first kappa shape index (κ1) is 32.2. The fourth-order valence-electron chi connectivity index (χ4n) is 3.71. The van der Waals surface area contributed by atoms with Crippen LogP contribution in [0.4, 0.5) is 0 Å². The molecule has 0 fully saturated rings. The van der Waals surface area contributed by atoms with E-state index in [9.17, 15) is 24.0 Å². The molecule has 0 saturated heterocycles. The Morgan fingerprint density at radius 2 is 1.62 bits per heavy atom. The smallest absolute Gasteiger partial charge is 0.306 e. The van der Waals surface area contributed by atoms with Gasteiger partial charge in [-0.05, 0) is 37.3 Å². The minimum Gasteiger partial charge on any atom is -0.466 e. The monoisotopic (exact) mass is 532 g/mol. The number of carbonyl (C=O) groups excluding carboxylic acids is 5. The fourth-order valence-corrected chi connectivity index (χ4v) is 4.43. The molecule has 37 heavy (non-hydrogen) atoms. The molecule has 0 aromatic heterocycles. The molecule has 0 saturated carbocycles. The Morgan fingerprint density at radius 3 is 2.19 bits per heavy atom. The Labute approximate surface area is 222 Å². The molecule has 0 heterocycles. The molecule has 0 bridgehead atoms. The third kappa shape index (κ3) is 15.1. The van der Waals surface area contributed by atoms with Crippen LogP contribution in [0.15, 0.2) is 30.3 Å². The number of hydrogen-bond acceptors (Lipinski definition) is 6. The van der Waals surface area contributed by atoms with E-state index < -0.39 is 31.9 Å². The van der Waals surface area contributed by atoms with Crippen LogP contribution in [0.3, 0.4) is 0 Å². The minimum absolute atomic E-state index is 0.0571. The van der Waals surface area contributed by atoms with Crippen LogP contribution in [0.1, 0.15) is 52.0 Å². The van der Waals surface area contributed by atoms with Gasteiger partial charge in [-0.2, -0.15) is 0 Å². The summed E-state index contributed by atoms with van der Waals surface area (Å²) in [4.78, 5) is 62.1. The molecule has 2 N–H and O–H groups in total. The van der Waals surface area contributed by atoms with Gasteiger partial charge in [0, 0.05) is 26.8 Å². The summed E-state index contributed by atoms with van der Waals surface area (Å²) >= 11 is 0. The maximum absolute atomic E-state index is 13.3. The SMILES string of the molecule is CC(=O)CNC(=O)[C@@H](CC(=O)[C@H](Cc1ccccc1)NC(=O)CCC(=O)OCC[Si](C)(C)C)CC(C)C. The first-order valence-electron chi connectivity index (χ1n) is 13.1. The van der Waals surface area contributed by atoms with E-state index in [-0.39, 0.29) is 55.6 Å². The summed E-state index contributed by atoms with van der Waals surface area (Å²) in [6, 6.07) is 9.33. The molecule has 0 aliphatic heterocycles. The predicted molar refractivity (Wildman–Crippen MR) is 147 cm³/mol. The maximum atomic E-state index is 13.3. The number of amides is 2. The zero-order chi connectivity index (χ0) is 28.0. The van der Waals surface area contributed by atoms with Crippen LogP contribution in [0, 0.1) is 11.8 Å². The maximum Gasteiger partial charge on any atom is 0.306 e. The second-order valence-corrected chi connectivity index (χ2v) is 16.9. The molecule has 0 aliphatic carbocycles. The van der Waals surface area contributed by atoms with Crippen molar-refractivity contribution >= 4 is 37.4 Å². The highest BCUT2D eigenvalue weighted by atomic mass is 28.3. The van der Waals surface area contributed by atoms with Gasteiger partial charge >= 0.3 is 5.97 Å². The predicted octanol–water partition coefficient (Wildman–Crippen LogP) is 3.70. The van der Waals surface area contributed by atoms with Gasteiger partial charge in [-0.1, -0.05) is 63.8 Å². The van der Waals surface area contributed by atoms with Crippen molar-refractivity contribution in [3.8, 4) is 0 Å². The Morgan fingerprint density at radius 1 is 0.973 bits per heavy atom. The van der Waals surface area contributed by atoms with Gasteiger partial charge in [0.2, 0.25) is 11.8 Å². The summed E-state index contributed by atoms with van der Waals surface area (Å²) in [6.07, 6.45) is 0.546. The highest BCUT2D eigenvalue weighted by molar-refractivity contribution is 6.76. The van der Waals surface area contributed by atoms with E-state index in [1.165, 1.54) is 6.92 Å². The zero-order valence-corrected chi connectivity index (χ0v) is 24.2. The van der Waals surface area contributed by atoms with Crippen molar-refractivity contribution in [2.45, 2.75) is 84.6 Å². The number of nitrogens with one attached hydrogen (secondary N) is 2. The van der Waals surface area contributed by atoms with E-state index in [2.05, 4.69) is 30.3 Å². The number of carbonyl (C=O) groups is 5. The number of ketones is 2. The molecule has 0 radical (unpaired) electrons. The van der Waals surface area contributed by atoms with Crippen LogP contribution in [0.25, 0.3) is 0 Å². The van der Waals surface area contributed by atoms with Crippen molar-refractivity contribution in [2.24, 2.45) is 11.8 Å². The average molecular weight is 533 g/mol. The van der Waals surface area contributed by atoms with Gasteiger partial charge in [0.05, 0.1) is 25.6 Å². The lowest BCUT2D eigenvalue weighted by atomic mass is 9.88. The molecule has 2 amide bonds. The van der Waals surface area contributed by atoms with E-state index in [4.69, 9.17) is 4.74 Å². The van der Waals surface area contributed by atoms with E-state index >= 15 is 0 Å². The van der Waals surface area contributed by atoms with Gasteiger partial charge in [-0.15, -0.1) is 0 Å². The normalized spacial score (nSPS) is 12.9. The van der Waals surface area contributed by atoms with Crippen LogP contribution < -0.4 is 10.6 Å². The number of ether oxygens (including phenoxy) is 1. The lowest BCUT2D eigenvalue weighted by molar-refractivity contribution is -0.144. The zero-order valence-electron chi connectivity index (χ0n) is 23.2. The standard InChI is InChI=1S/C28H44N2O6Si/c1-20(2)16-23(28(35)29-19-21(3)31)18-25(32)24(17-22-10-8-7-9-11-22)30-26(33)12-13-27(34)36-14-15-37(4,5)6/h7-11,20,23-24H,12-19H2,1-6H3,(H,29,35)(H,30,33)/t23-,24+/m1/s1. The molecule has 0 aliphatic rings. The van der Waals surface area contributed by atoms with Crippen molar-refractivity contribution < 1.29 is 28.7 Å². The van der Waals surface area contributed by atoms with Crippen molar-refractivity contribution in [3.63, 3.8) is 0 Å². The van der Waals surface area contributed by atoms with Crippen molar-refractivity contribution in [3.05, 3.63) is 35.9 Å². The number of hydrogen-bond donors (Lipinski definition) is 2. The van der Waals surface area contributed by atoms with Gasteiger partial charge in [0.1, 0.15) is 5.78 Å². The van der Waals surface area contributed by atoms with Crippen LogP contribution in [0.2, 0.25) is 25.7 Å². The second-order valence-electron chi connectivity index (χ2n) is 11.3. The van der Waals surface area contributed by atoms with Gasteiger partial charge < -0.3 is 15.4 Å². The Balaban J connectivity index is 2.84. The first-order valence-corrected chi connectivity index (χ1v) is 16.8. The van der Waals surface area contributed by atoms with E-state index in [1.54, 1.807) is 0 Å². The molecule has 1 aromatic rings. The lowest BCUT2D eigenvalue weighted by Gasteiger charge is -2.22. The molecule has 1 aromatic carbocycles. The van der Waals surface area contributed by atoms with Crippen molar-refractivity contribution in [1.29, 1.82) is 0 Å². The highest BCUT2D eigenvalue weighted by Crippen LogP contribution is 2.18. The van der Waals surface area contributed by atoms with Crippen LogP contribution >= 0.6 is 0 Å². The molecule has 2 atom stereocenters. The fraction of sp³-hybridized carbons (Fsp3) is 0.607. The molecule has 206 valence electrons. The minimum atomic E-state index is -1.32. The number of rotatable bonds is 17. The molecule has 1 rings (SSSR count). The largest absolute Gasteiger partial charge is 0.466 e. The van der Waals surface area contributed by atoms with E-state index in [1.807, 2.05) is 44.2 Å². The van der Waals surface area contributed by atoms with Gasteiger partial charge in [-0.25, -0.2) is 0 Å². The van der Waals surface area contributed by atoms with Gasteiger partial charge in [0.15, 0.2) is 5.78 Å². The number of benzene rings is 1. The molecular formula is C28H44N2O6Si. The van der Waals surface area contributed by atoms with E-state index in [0.717, 1.165) is 11.6 Å². The van der Waals surface area contributed by atoms with Gasteiger partial charge in [-0.3, -0.25) is 24.0 Å². The summed E-state index contributed by atoms with van der Waals surface area (Å²) in [5, 5.41) is 5.38. The van der Waals surface area contributed by atoms with Crippen LogP contribution in [0.5, 0.6) is 0 Å². The van der Waals surface area contributed by atoms with Crippen LogP contribution in [-0.2, 0) is 35.1 Å². The summed E-state index contributed by atoms with van der Waals surface area (Å²) in [7, 11) is -1.32. The number of Topliss-reactive ketones (excluding diaryl/α,β-unsaturated/α-hetero) is 2. The third-order valence-corrected chi connectivity index (χ3v) is 7.47. The Bertz CT molecular complexity index is 911. The van der Waals surface area contributed by atoms with Crippen molar-refractivity contribution in [1.82, 2.24) is 10.6 Å². The summed E-state index contributed by atoms with van der Waals surface area (Å²) in [6.45, 7) is 12.2.